The van der Waals surface area contributed by atoms with E-state index in [0.29, 0.717) is 11.5 Å². The Morgan fingerprint density at radius 1 is 1.17 bits per heavy atom. The number of nitro benzene ring substituents is 1. The molecule has 0 aromatic heterocycles. The maximum absolute atomic E-state index is 11.9. The lowest BCUT2D eigenvalue weighted by molar-refractivity contribution is -0.384. The third-order valence-corrected chi connectivity index (χ3v) is 3.02. The first-order valence-electron chi connectivity index (χ1n) is 6.90. The molecule has 0 radical (unpaired) electrons. The molecule has 2 aromatic rings. The summed E-state index contributed by atoms with van der Waals surface area (Å²) in [4.78, 5) is 22.4. The molecule has 1 N–H and O–H groups in total. The van der Waals surface area contributed by atoms with Gasteiger partial charge in [0.1, 0.15) is 17.2 Å². The molecule has 2 aromatic carbocycles. The Labute approximate surface area is 133 Å². The van der Waals surface area contributed by atoms with E-state index in [1.165, 1.54) is 19.2 Å². The molecule has 120 valence electrons. The summed E-state index contributed by atoms with van der Waals surface area (Å²) in [7, 11) is 1.41. The maximum Gasteiger partial charge on any atom is 0.296 e. The van der Waals surface area contributed by atoms with Crippen LogP contribution in [0, 0.1) is 10.1 Å². The molecule has 0 spiro atoms. The molecule has 1 amide bonds. The summed E-state index contributed by atoms with van der Waals surface area (Å²) in [5, 5.41) is 13.6. The number of nitrogens with one attached hydrogen (secondary N) is 1. The SMILES string of the molecule is COc1ccc(NC(=O)CCOc2ccccc2)c([N+](=O)[O-])c1. The Hall–Kier alpha value is -3.09. The van der Waals surface area contributed by atoms with E-state index in [2.05, 4.69) is 5.32 Å². The number of rotatable bonds is 7. The number of amides is 1. The van der Waals surface area contributed by atoms with Gasteiger partial charge in [0.15, 0.2) is 0 Å². The van der Waals surface area contributed by atoms with Crippen LogP contribution in [0.5, 0.6) is 11.5 Å². The number of nitro groups is 1. The molecule has 7 nitrogen and oxygen atoms in total. The molecule has 0 atom stereocenters. The van der Waals surface area contributed by atoms with E-state index >= 15 is 0 Å². The lowest BCUT2D eigenvalue weighted by Gasteiger charge is -2.08. The first-order chi connectivity index (χ1) is 11.1. The number of carbonyl (C=O) groups excluding carboxylic acids is 1. The highest BCUT2D eigenvalue weighted by molar-refractivity contribution is 5.93. The second-order valence-corrected chi connectivity index (χ2v) is 4.60. The van der Waals surface area contributed by atoms with Crippen molar-refractivity contribution in [3.8, 4) is 11.5 Å². The number of benzene rings is 2. The van der Waals surface area contributed by atoms with Crippen molar-refractivity contribution in [1.29, 1.82) is 0 Å². The molecule has 23 heavy (non-hydrogen) atoms. The van der Waals surface area contributed by atoms with Gasteiger partial charge in [-0.2, -0.15) is 0 Å². The Morgan fingerprint density at radius 3 is 2.57 bits per heavy atom. The predicted molar refractivity (Wildman–Crippen MR) is 84.8 cm³/mol. The van der Waals surface area contributed by atoms with Gasteiger partial charge in [-0.15, -0.1) is 0 Å². The van der Waals surface area contributed by atoms with E-state index in [9.17, 15) is 14.9 Å². The van der Waals surface area contributed by atoms with Crippen molar-refractivity contribution in [3.63, 3.8) is 0 Å². The zero-order valence-electron chi connectivity index (χ0n) is 12.5. The van der Waals surface area contributed by atoms with Gasteiger partial charge in [-0.05, 0) is 24.3 Å². The largest absolute Gasteiger partial charge is 0.496 e. The van der Waals surface area contributed by atoms with Crippen molar-refractivity contribution in [3.05, 3.63) is 58.6 Å². The average Bonchev–Trinajstić information content (AvgIpc) is 2.56. The third kappa shape index (κ3) is 4.70. The summed E-state index contributed by atoms with van der Waals surface area (Å²) in [5.74, 6) is 0.645. The predicted octanol–water partition coefficient (Wildman–Crippen LogP) is 3.01. The highest BCUT2D eigenvalue weighted by Crippen LogP contribution is 2.29. The molecule has 0 fully saturated rings. The lowest BCUT2D eigenvalue weighted by Crippen LogP contribution is -2.16. The minimum Gasteiger partial charge on any atom is -0.496 e. The van der Waals surface area contributed by atoms with Crippen LogP contribution in [0.2, 0.25) is 0 Å². The van der Waals surface area contributed by atoms with E-state index < -0.39 is 4.92 Å². The second-order valence-electron chi connectivity index (χ2n) is 4.60. The monoisotopic (exact) mass is 316 g/mol. The molecular formula is C16H16N2O5. The van der Waals surface area contributed by atoms with Crippen LogP contribution in [0.25, 0.3) is 0 Å². The molecule has 0 aliphatic carbocycles. The van der Waals surface area contributed by atoms with E-state index in [4.69, 9.17) is 9.47 Å². The van der Waals surface area contributed by atoms with Crippen molar-refractivity contribution in [2.45, 2.75) is 6.42 Å². The van der Waals surface area contributed by atoms with Crippen molar-refractivity contribution < 1.29 is 19.2 Å². The number of ether oxygens (including phenoxy) is 2. The third-order valence-electron chi connectivity index (χ3n) is 3.02. The van der Waals surface area contributed by atoms with Crippen molar-refractivity contribution in [2.75, 3.05) is 19.0 Å². The molecule has 0 aliphatic heterocycles. The van der Waals surface area contributed by atoms with E-state index in [1.54, 1.807) is 18.2 Å². The number of hydrogen-bond acceptors (Lipinski definition) is 5. The summed E-state index contributed by atoms with van der Waals surface area (Å²) in [6.07, 6.45) is 0.0814. The summed E-state index contributed by atoms with van der Waals surface area (Å²) in [6.45, 7) is 0.180. The molecule has 2 rings (SSSR count). The Balaban J connectivity index is 1.93. The second kappa shape index (κ2) is 7.79. The molecule has 0 heterocycles. The Bertz CT molecular complexity index is 688. The standard InChI is InChI=1S/C16H16N2O5/c1-22-13-7-8-14(15(11-13)18(20)21)17-16(19)9-10-23-12-5-3-2-4-6-12/h2-8,11H,9-10H2,1H3,(H,17,19). The molecule has 0 aliphatic rings. The van der Waals surface area contributed by atoms with Crippen LogP contribution in [0.15, 0.2) is 48.5 Å². The smallest absolute Gasteiger partial charge is 0.296 e. The average molecular weight is 316 g/mol. The number of methoxy groups -OCH3 is 1. The Morgan fingerprint density at radius 2 is 1.91 bits per heavy atom. The minimum absolute atomic E-state index is 0.0814. The highest BCUT2D eigenvalue weighted by atomic mass is 16.6. The first kappa shape index (κ1) is 16.3. The minimum atomic E-state index is -0.571. The van der Waals surface area contributed by atoms with Crippen LogP contribution in [0.1, 0.15) is 6.42 Å². The zero-order chi connectivity index (χ0) is 16.7. The van der Waals surface area contributed by atoms with Crippen molar-refractivity contribution in [1.82, 2.24) is 0 Å². The molecular weight excluding hydrogens is 300 g/mol. The fourth-order valence-electron chi connectivity index (χ4n) is 1.89. The quantitative estimate of drug-likeness (QED) is 0.626. The molecule has 0 unspecified atom stereocenters. The fourth-order valence-corrected chi connectivity index (χ4v) is 1.89. The van der Waals surface area contributed by atoms with E-state index in [1.807, 2.05) is 18.2 Å². The summed E-state index contributed by atoms with van der Waals surface area (Å²) < 4.78 is 10.4. The van der Waals surface area contributed by atoms with Crippen LogP contribution >= 0.6 is 0 Å². The highest BCUT2D eigenvalue weighted by Gasteiger charge is 2.17. The fraction of sp³-hybridized carbons (Fsp3) is 0.188. The number of nitrogens with zero attached hydrogens (tertiary/aromatic N) is 1. The van der Waals surface area contributed by atoms with Gasteiger partial charge in [0.25, 0.3) is 5.69 Å². The molecule has 7 heteroatoms. The Kier molecular flexibility index (Phi) is 5.51. The van der Waals surface area contributed by atoms with E-state index in [0.717, 1.165) is 0 Å². The van der Waals surface area contributed by atoms with Crippen LogP contribution in [0.3, 0.4) is 0 Å². The van der Waals surface area contributed by atoms with Gasteiger partial charge in [-0.3, -0.25) is 14.9 Å². The van der Waals surface area contributed by atoms with Gasteiger partial charge in [-0.25, -0.2) is 0 Å². The first-order valence-corrected chi connectivity index (χ1v) is 6.90. The lowest BCUT2D eigenvalue weighted by atomic mass is 10.2. The maximum atomic E-state index is 11.9. The number of carbonyl (C=O) groups is 1. The van der Waals surface area contributed by atoms with Gasteiger partial charge in [0.2, 0.25) is 5.91 Å². The molecule has 0 saturated carbocycles. The zero-order valence-corrected chi connectivity index (χ0v) is 12.5. The van der Waals surface area contributed by atoms with Crippen LogP contribution in [-0.4, -0.2) is 24.5 Å². The summed E-state index contributed by atoms with van der Waals surface area (Å²) in [5.41, 5.74) is -0.0952. The van der Waals surface area contributed by atoms with Crippen LogP contribution in [0.4, 0.5) is 11.4 Å². The molecule has 0 saturated heterocycles. The van der Waals surface area contributed by atoms with Crippen LogP contribution < -0.4 is 14.8 Å². The van der Waals surface area contributed by atoms with Crippen LogP contribution in [-0.2, 0) is 4.79 Å². The van der Waals surface area contributed by atoms with Gasteiger partial charge in [-0.1, -0.05) is 18.2 Å². The van der Waals surface area contributed by atoms with Gasteiger partial charge in [0.05, 0.1) is 31.1 Å². The normalized spacial score (nSPS) is 9.96. The summed E-state index contributed by atoms with van der Waals surface area (Å²) >= 11 is 0. The number of hydrogen-bond donors (Lipinski definition) is 1. The van der Waals surface area contributed by atoms with Crippen molar-refractivity contribution >= 4 is 17.3 Å². The topological polar surface area (TPSA) is 90.7 Å². The van der Waals surface area contributed by atoms with Crippen molar-refractivity contribution in [2.24, 2.45) is 0 Å². The molecule has 0 bridgehead atoms. The summed E-state index contributed by atoms with van der Waals surface area (Å²) in [6, 6.07) is 13.3. The van der Waals surface area contributed by atoms with Gasteiger partial charge < -0.3 is 14.8 Å². The number of anilines is 1. The van der Waals surface area contributed by atoms with Gasteiger partial charge in [0, 0.05) is 0 Å². The van der Waals surface area contributed by atoms with Gasteiger partial charge >= 0.3 is 0 Å². The number of para-hydroxylation sites is 1. The van der Waals surface area contributed by atoms with E-state index in [-0.39, 0.29) is 30.3 Å².